The fraction of sp³-hybridized carbons (Fsp3) is 0.333. The highest BCUT2D eigenvalue weighted by Crippen LogP contribution is 2.38. The van der Waals surface area contributed by atoms with Gasteiger partial charge in [0.1, 0.15) is 0 Å². The molecule has 0 bridgehead atoms. The van der Waals surface area contributed by atoms with Gasteiger partial charge in [0.2, 0.25) is 0 Å². The van der Waals surface area contributed by atoms with Crippen LogP contribution in [0.4, 0.5) is 14.5 Å². The molecule has 0 saturated heterocycles. The SMILES string of the molecule is CN1c2ccccc2CC1(F)F. The highest BCUT2D eigenvalue weighted by molar-refractivity contribution is 5.58. The fourth-order valence-corrected chi connectivity index (χ4v) is 1.51. The summed E-state index contributed by atoms with van der Waals surface area (Å²) in [5.41, 5.74) is 1.37. The van der Waals surface area contributed by atoms with Crippen molar-refractivity contribution >= 4 is 5.69 Å². The molecule has 64 valence electrons. The second-order valence-electron chi connectivity index (χ2n) is 3.03. The lowest BCUT2D eigenvalue weighted by atomic mass is 10.2. The van der Waals surface area contributed by atoms with Crippen LogP contribution in [0.5, 0.6) is 0 Å². The monoisotopic (exact) mass is 169 g/mol. The first-order chi connectivity index (χ1) is 5.61. The lowest BCUT2D eigenvalue weighted by molar-refractivity contribution is 0.0125. The smallest absolute Gasteiger partial charge is 0.316 e. The number of hydrogen-bond donors (Lipinski definition) is 0. The minimum atomic E-state index is -2.70. The first-order valence-electron chi connectivity index (χ1n) is 3.81. The summed E-state index contributed by atoms with van der Waals surface area (Å²) in [4.78, 5) is 1.03. The van der Waals surface area contributed by atoms with E-state index in [4.69, 9.17) is 0 Å². The molecule has 1 aromatic carbocycles. The summed E-state index contributed by atoms with van der Waals surface area (Å²) in [5, 5.41) is 0. The summed E-state index contributed by atoms with van der Waals surface area (Å²) in [6.45, 7) is 0. The zero-order valence-electron chi connectivity index (χ0n) is 6.72. The fourth-order valence-electron chi connectivity index (χ4n) is 1.51. The third-order valence-electron chi connectivity index (χ3n) is 2.25. The van der Waals surface area contributed by atoms with Gasteiger partial charge in [-0.3, -0.25) is 0 Å². The van der Waals surface area contributed by atoms with Gasteiger partial charge in [0.05, 0.1) is 6.42 Å². The van der Waals surface area contributed by atoms with Crippen molar-refractivity contribution < 1.29 is 8.78 Å². The van der Waals surface area contributed by atoms with E-state index in [2.05, 4.69) is 0 Å². The first kappa shape index (κ1) is 7.53. The summed E-state index contributed by atoms with van der Waals surface area (Å²) in [7, 11) is 1.42. The van der Waals surface area contributed by atoms with E-state index in [1.54, 1.807) is 24.3 Å². The van der Waals surface area contributed by atoms with Crippen LogP contribution in [-0.4, -0.2) is 13.1 Å². The van der Waals surface area contributed by atoms with Crippen LogP contribution in [0.1, 0.15) is 5.56 Å². The van der Waals surface area contributed by atoms with E-state index < -0.39 is 6.05 Å². The van der Waals surface area contributed by atoms with Crippen LogP contribution >= 0.6 is 0 Å². The number of likely N-dealkylation sites (N-methyl/N-ethyl adjacent to an activating group) is 1. The van der Waals surface area contributed by atoms with Crippen molar-refractivity contribution in [3.05, 3.63) is 29.8 Å². The Kier molecular flexibility index (Phi) is 1.37. The van der Waals surface area contributed by atoms with Gasteiger partial charge in [-0.25, -0.2) is 0 Å². The van der Waals surface area contributed by atoms with Gasteiger partial charge < -0.3 is 4.90 Å². The van der Waals surface area contributed by atoms with Crippen LogP contribution in [0.15, 0.2) is 24.3 Å². The Bertz CT molecular complexity index is 309. The number of nitrogens with zero attached hydrogens (tertiary/aromatic N) is 1. The second kappa shape index (κ2) is 2.19. The van der Waals surface area contributed by atoms with Gasteiger partial charge in [0, 0.05) is 12.7 Å². The van der Waals surface area contributed by atoms with E-state index in [-0.39, 0.29) is 6.42 Å². The minimum Gasteiger partial charge on any atom is -0.316 e. The first-order valence-corrected chi connectivity index (χ1v) is 3.81. The summed E-state index contributed by atoms with van der Waals surface area (Å²) < 4.78 is 26.1. The Morgan fingerprint density at radius 3 is 2.67 bits per heavy atom. The quantitative estimate of drug-likeness (QED) is 0.538. The van der Waals surface area contributed by atoms with Crippen molar-refractivity contribution in [3.63, 3.8) is 0 Å². The number of para-hydroxylation sites is 1. The van der Waals surface area contributed by atoms with Crippen LogP contribution < -0.4 is 4.90 Å². The number of rotatable bonds is 0. The Balaban J connectivity index is 2.49. The molecule has 1 nitrogen and oxygen atoms in total. The van der Waals surface area contributed by atoms with Gasteiger partial charge in [-0.1, -0.05) is 18.2 Å². The maximum Gasteiger partial charge on any atom is 0.329 e. The van der Waals surface area contributed by atoms with Gasteiger partial charge in [0.25, 0.3) is 0 Å². The van der Waals surface area contributed by atoms with Crippen LogP contribution in [0.2, 0.25) is 0 Å². The molecule has 1 aliphatic heterocycles. The van der Waals surface area contributed by atoms with Gasteiger partial charge in [-0.2, -0.15) is 8.78 Å². The molecule has 1 aromatic rings. The van der Waals surface area contributed by atoms with Crippen molar-refractivity contribution in [1.82, 2.24) is 0 Å². The summed E-state index contributed by atoms with van der Waals surface area (Å²) >= 11 is 0. The Morgan fingerprint density at radius 2 is 2.00 bits per heavy atom. The van der Waals surface area contributed by atoms with E-state index in [0.717, 1.165) is 10.5 Å². The molecule has 0 spiro atoms. The van der Waals surface area contributed by atoms with Crippen LogP contribution in [0.25, 0.3) is 0 Å². The van der Waals surface area contributed by atoms with Crippen molar-refractivity contribution in [2.24, 2.45) is 0 Å². The number of alkyl halides is 2. The van der Waals surface area contributed by atoms with Crippen molar-refractivity contribution in [2.75, 3.05) is 11.9 Å². The second-order valence-corrected chi connectivity index (χ2v) is 3.03. The largest absolute Gasteiger partial charge is 0.329 e. The number of anilines is 1. The Hall–Kier alpha value is -1.12. The summed E-state index contributed by atoms with van der Waals surface area (Å²) in [5.74, 6) is 0. The van der Waals surface area contributed by atoms with E-state index in [9.17, 15) is 8.78 Å². The zero-order valence-corrected chi connectivity index (χ0v) is 6.72. The molecule has 0 amide bonds. The predicted octanol–water partition coefficient (Wildman–Crippen LogP) is 2.27. The number of fused-ring (bicyclic) bond motifs is 1. The molecule has 0 unspecified atom stereocenters. The van der Waals surface area contributed by atoms with Gasteiger partial charge in [-0.15, -0.1) is 0 Å². The molecule has 0 saturated carbocycles. The Morgan fingerprint density at radius 1 is 1.33 bits per heavy atom. The molecule has 0 fully saturated rings. The molecule has 1 heterocycles. The van der Waals surface area contributed by atoms with Gasteiger partial charge >= 0.3 is 6.05 Å². The molecule has 12 heavy (non-hydrogen) atoms. The van der Waals surface area contributed by atoms with Crippen molar-refractivity contribution in [3.8, 4) is 0 Å². The standard InChI is InChI=1S/C9H9F2N/c1-12-8-5-3-2-4-7(8)6-9(12,10)11/h2-5H,6H2,1H3. The van der Waals surface area contributed by atoms with Crippen molar-refractivity contribution in [1.29, 1.82) is 0 Å². The molecule has 0 atom stereocenters. The normalized spacial score (nSPS) is 19.4. The third kappa shape index (κ3) is 0.891. The zero-order chi connectivity index (χ0) is 8.77. The van der Waals surface area contributed by atoms with E-state index in [1.165, 1.54) is 7.05 Å². The average molecular weight is 169 g/mol. The highest BCUT2D eigenvalue weighted by atomic mass is 19.3. The molecule has 0 radical (unpaired) electrons. The van der Waals surface area contributed by atoms with E-state index in [1.807, 2.05) is 0 Å². The molecular formula is C9H9F2N. The summed E-state index contributed by atoms with van der Waals surface area (Å²) in [6.07, 6.45) is -0.167. The predicted molar refractivity (Wildman–Crippen MR) is 43.5 cm³/mol. The number of halogens is 2. The maximum absolute atomic E-state index is 13.1. The van der Waals surface area contributed by atoms with Crippen molar-refractivity contribution in [2.45, 2.75) is 12.5 Å². The molecule has 3 heteroatoms. The molecule has 1 aliphatic rings. The number of hydrogen-bond acceptors (Lipinski definition) is 1. The van der Waals surface area contributed by atoms with Gasteiger partial charge in [-0.05, 0) is 11.6 Å². The maximum atomic E-state index is 13.1. The summed E-state index contributed by atoms with van der Waals surface area (Å²) in [6, 6.07) is 4.32. The van der Waals surface area contributed by atoms with Crippen LogP contribution in [-0.2, 0) is 6.42 Å². The molecule has 2 rings (SSSR count). The molecule has 0 aliphatic carbocycles. The highest BCUT2D eigenvalue weighted by Gasteiger charge is 2.41. The molecular weight excluding hydrogens is 160 g/mol. The Labute approximate surface area is 69.6 Å². The topological polar surface area (TPSA) is 3.24 Å². The average Bonchev–Trinajstić information content (AvgIpc) is 2.24. The third-order valence-corrected chi connectivity index (χ3v) is 2.25. The van der Waals surface area contributed by atoms with Crippen LogP contribution in [0.3, 0.4) is 0 Å². The lowest BCUT2D eigenvalue weighted by Crippen LogP contribution is -2.34. The van der Waals surface area contributed by atoms with Crippen LogP contribution in [0, 0.1) is 0 Å². The minimum absolute atomic E-state index is 0.167. The number of benzene rings is 1. The van der Waals surface area contributed by atoms with E-state index in [0.29, 0.717) is 5.69 Å². The van der Waals surface area contributed by atoms with Gasteiger partial charge in [0.15, 0.2) is 0 Å². The molecule has 0 aromatic heterocycles. The molecule has 0 N–H and O–H groups in total. The van der Waals surface area contributed by atoms with E-state index >= 15 is 0 Å². The lowest BCUT2D eigenvalue weighted by Gasteiger charge is -2.20.